The molecule has 0 aliphatic rings. The molecular formula is C19H22FIN4. The van der Waals surface area contributed by atoms with Gasteiger partial charge in [0.05, 0.1) is 18.2 Å². The Morgan fingerprint density at radius 3 is 2.56 bits per heavy atom. The first-order valence-electron chi connectivity index (χ1n) is 7.85. The van der Waals surface area contributed by atoms with Crippen LogP contribution in [0.15, 0.2) is 53.5 Å². The molecule has 0 heterocycles. The van der Waals surface area contributed by atoms with E-state index in [9.17, 15) is 4.39 Å². The molecule has 25 heavy (non-hydrogen) atoms. The summed E-state index contributed by atoms with van der Waals surface area (Å²) in [4.78, 5) is 6.61. The lowest BCUT2D eigenvalue weighted by atomic mass is 10.1. The van der Waals surface area contributed by atoms with Gasteiger partial charge in [-0.15, -0.1) is 24.0 Å². The molecule has 0 amide bonds. The highest BCUT2D eigenvalue weighted by molar-refractivity contribution is 14.0. The zero-order valence-corrected chi connectivity index (χ0v) is 16.7. The standard InChI is InChI=1S/C19H21FN4.HI/c1-3-22-19(23-13-17-6-4-5-16(11-17)12-21)24(2)14-15-7-9-18(20)10-8-15;/h4-11H,3,13-14H2,1-2H3,(H,22,23);1H. The van der Waals surface area contributed by atoms with E-state index in [1.807, 2.05) is 37.1 Å². The van der Waals surface area contributed by atoms with Crippen molar-refractivity contribution in [1.29, 1.82) is 5.26 Å². The maximum Gasteiger partial charge on any atom is 0.194 e. The van der Waals surface area contributed by atoms with Crippen LogP contribution in [0.1, 0.15) is 23.6 Å². The minimum Gasteiger partial charge on any atom is -0.357 e. The van der Waals surface area contributed by atoms with Gasteiger partial charge in [0.15, 0.2) is 5.96 Å². The largest absolute Gasteiger partial charge is 0.357 e. The average Bonchev–Trinajstić information content (AvgIpc) is 2.60. The van der Waals surface area contributed by atoms with Gasteiger partial charge in [0, 0.05) is 20.1 Å². The first-order valence-corrected chi connectivity index (χ1v) is 7.85. The van der Waals surface area contributed by atoms with Crippen molar-refractivity contribution in [1.82, 2.24) is 10.2 Å². The van der Waals surface area contributed by atoms with Crippen molar-refractivity contribution in [3.8, 4) is 6.07 Å². The molecule has 0 aliphatic carbocycles. The molecule has 0 radical (unpaired) electrons. The molecule has 2 aromatic rings. The number of benzene rings is 2. The molecule has 0 aliphatic heterocycles. The highest BCUT2D eigenvalue weighted by Crippen LogP contribution is 2.08. The summed E-state index contributed by atoms with van der Waals surface area (Å²) in [5.41, 5.74) is 2.63. The van der Waals surface area contributed by atoms with Crippen LogP contribution in [-0.2, 0) is 13.1 Å². The smallest absolute Gasteiger partial charge is 0.194 e. The van der Waals surface area contributed by atoms with Crippen LogP contribution in [0.4, 0.5) is 4.39 Å². The van der Waals surface area contributed by atoms with E-state index in [0.717, 1.165) is 23.6 Å². The van der Waals surface area contributed by atoms with Gasteiger partial charge in [0.1, 0.15) is 5.82 Å². The van der Waals surface area contributed by atoms with Crippen LogP contribution in [0.3, 0.4) is 0 Å². The fraction of sp³-hybridized carbons (Fsp3) is 0.263. The number of rotatable bonds is 5. The Labute approximate surface area is 165 Å². The van der Waals surface area contributed by atoms with Crippen molar-refractivity contribution < 1.29 is 4.39 Å². The van der Waals surface area contributed by atoms with Crippen LogP contribution in [0.5, 0.6) is 0 Å². The van der Waals surface area contributed by atoms with Crippen LogP contribution in [0, 0.1) is 17.1 Å². The molecule has 0 atom stereocenters. The highest BCUT2D eigenvalue weighted by atomic mass is 127. The monoisotopic (exact) mass is 452 g/mol. The molecule has 4 nitrogen and oxygen atoms in total. The Hall–Kier alpha value is -2.14. The molecule has 132 valence electrons. The average molecular weight is 452 g/mol. The molecule has 2 rings (SSSR count). The maximum atomic E-state index is 13.0. The van der Waals surface area contributed by atoms with Gasteiger partial charge in [-0.05, 0) is 42.3 Å². The second-order valence-electron chi connectivity index (χ2n) is 5.46. The van der Waals surface area contributed by atoms with Gasteiger partial charge in [-0.2, -0.15) is 5.26 Å². The third kappa shape index (κ3) is 6.70. The minimum absolute atomic E-state index is 0. The topological polar surface area (TPSA) is 51.4 Å². The van der Waals surface area contributed by atoms with Crippen molar-refractivity contribution in [2.75, 3.05) is 13.6 Å². The summed E-state index contributed by atoms with van der Waals surface area (Å²) in [6, 6.07) is 16.0. The quantitative estimate of drug-likeness (QED) is 0.425. The molecule has 0 fully saturated rings. The zero-order chi connectivity index (χ0) is 17.4. The van der Waals surface area contributed by atoms with Gasteiger partial charge < -0.3 is 10.2 Å². The van der Waals surface area contributed by atoms with Gasteiger partial charge in [0.2, 0.25) is 0 Å². The van der Waals surface area contributed by atoms with E-state index in [2.05, 4.69) is 16.4 Å². The number of nitrogens with zero attached hydrogens (tertiary/aromatic N) is 3. The zero-order valence-electron chi connectivity index (χ0n) is 14.4. The van der Waals surface area contributed by atoms with Gasteiger partial charge in [-0.1, -0.05) is 24.3 Å². The third-order valence-corrected chi connectivity index (χ3v) is 3.50. The van der Waals surface area contributed by atoms with Crippen LogP contribution in [0.25, 0.3) is 0 Å². The molecule has 2 aromatic carbocycles. The number of nitrogens with one attached hydrogen (secondary N) is 1. The molecule has 0 saturated heterocycles. The summed E-state index contributed by atoms with van der Waals surface area (Å²) >= 11 is 0. The van der Waals surface area contributed by atoms with Crippen LogP contribution in [-0.4, -0.2) is 24.5 Å². The van der Waals surface area contributed by atoms with E-state index in [1.165, 1.54) is 12.1 Å². The van der Waals surface area contributed by atoms with E-state index in [0.29, 0.717) is 18.7 Å². The summed E-state index contributed by atoms with van der Waals surface area (Å²) in [5.74, 6) is 0.531. The summed E-state index contributed by atoms with van der Waals surface area (Å²) in [5, 5.41) is 12.2. The number of nitriles is 1. The predicted octanol–water partition coefficient (Wildman–Crippen LogP) is 3.91. The number of hydrogen-bond donors (Lipinski definition) is 1. The molecule has 0 saturated carbocycles. The van der Waals surface area contributed by atoms with Crippen LogP contribution in [0.2, 0.25) is 0 Å². The molecule has 0 aromatic heterocycles. The van der Waals surface area contributed by atoms with Gasteiger partial charge in [-0.25, -0.2) is 9.38 Å². The van der Waals surface area contributed by atoms with E-state index < -0.39 is 0 Å². The lowest BCUT2D eigenvalue weighted by Crippen LogP contribution is -2.38. The number of hydrogen-bond acceptors (Lipinski definition) is 2. The first-order chi connectivity index (χ1) is 11.6. The number of aliphatic imine (C=N–C) groups is 1. The Balaban J connectivity index is 0.00000312. The Kier molecular flexibility index (Phi) is 8.92. The van der Waals surface area contributed by atoms with E-state index in [-0.39, 0.29) is 29.8 Å². The summed E-state index contributed by atoms with van der Waals surface area (Å²) in [7, 11) is 1.94. The summed E-state index contributed by atoms with van der Waals surface area (Å²) < 4.78 is 13.0. The fourth-order valence-corrected chi connectivity index (χ4v) is 2.31. The minimum atomic E-state index is -0.237. The third-order valence-electron chi connectivity index (χ3n) is 3.50. The Morgan fingerprint density at radius 2 is 1.92 bits per heavy atom. The number of guanidine groups is 1. The van der Waals surface area contributed by atoms with E-state index >= 15 is 0 Å². The van der Waals surface area contributed by atoms with Gasteiger partial charge >= 0.3 is 0 Å². The van der Waals surface area contributed by atoms with E-state index in [1.54, 1.807) is 18.2 Å². The Morgan fingerprint density at radius 1 is 1.20 bits per heavy atom. The van der Waals surface area contributed by atoms with Crippen molar-refractivity contribution >= 4 is 29.9 Å². The first kappa shape index (κ1) is 20.9. The van der Waals surface area contributed by atoms with E-state index in [4.69, 9.17) is 5.26 Å². The SMILES string of the molecule is CCNC(=NCc1cccc(C#N)c1)N(C)Cc1ccc(F)cc1.I. The van der Waals surface area contributed by atoms with Crippen molar-refractivity contribution in [3.63, 3.8) is 0 Å². The van der Waals surface area contributed by atoms with Gasteiger partial charge in [0.25, 0.3) is 0 Å². The maximum absolute atomic E-state index is 13.0. The molecule has 0 bridgehead atoms. The molecule has 0 unspecified atom stereocenters. The van der Waals surface area contributed by atoms with Gasteiger partial charge in [-0.3, -0.25) is 0 Å². The lowest BCUT2D eigenvalue weighted by molar-refractivity contribution is 0.476. The lowest BCUT2D eigenvalue weighted by Gasteiger charge is -2.22. The molecule has 6 heteroatoms. The molecule has 0 spiro atoms. The predicted molar refractivity (Wildman–Crippen MR) is 109 cm³/mol. The summed E-state index contributed by atoms with van der Waals surface area (Å²) in [6.45, 7) is 3.89. The fourth-order valence-electron chi connectivity index (χ4n) is 2.31. The molecule has 1 N–H and O–H groups in total. The van der Waals surface area contributed by atoms with Crippen LogP contribution >= 0.6 is 24.0 Å². The van der Waals surface area contributed by atoms with Crippen molar-refractivity contribution in [2.24, 2.45) is 4.99 Å². The second-order valence-corrected chi connectivity index (χ2v) is 5.46. The van der Waals surface area contributed by atoms with Crippen molar-refractivity contribution in [2.45, 2.75) is 20.0 Å². The van der Waals surface area contributed by atoms with Crippen molar-refractivity contribution in [3.05, 3.63) is 71.0 Å². The highest BCUT2D eigenvalue weighted by Gasteiger charge is 2.07. The summed E-state index contributed by atoms with van der Waals surface area (Å²) in [6.07, 6.45) is 0. The Bertz CT molecular complexity index is 738. The second kappa shape index (κ2) is 10.7. The molecular weight excluding hydrogens is 430 g/mol. The number of halogens is 2. The normalized spacial score (nSPS) is 10.6. The van der Waals surface area contributed by atoms with Crippen LogP contribution < -0.4 is 5.32 Å².